The van der Waals surface area contributed by atoms with E-state index in [-0.39, 0.29) is 0 Å². The van der Waals surface area contributed by atoms with E-state index in [1.54, 1.807) is 7.11 Å². The van der Waals surface area contributed by atoms with E-state index in [0.29, 0.717) is 0 Å². The highest BCUT2D eigenvalue weighted by Gasteiger charge is 2.21. The van der Waals surface area contributed by atoms with Crippen LogP contribution in [0.3, 0.4) is 0 Å². The number of anilines is 3. The summed E-state index contributed by atoms with van der Waals surface area (Å²) in [6, 6.07) is 10.3. The summed E-state index contributed by atoms with van der Waals surface area (Å²) in [7, 11) is 1.73. The molecule has 0 spiro atoms. The molecule has 146 valence electrons. The van der Waals surface area contributed by atoms with Crippen LogP contribution in [0.2, 0.25) is 0 Å². The number of methoxy groups -OCH3 is 1. The molecule has 0 atom stereocenters. The molecule has 27 heavy (non-hydrogen) atoms. The molecular weight excluding hydrogens is 338 g/mol. The number of aromatic nitrogens is 2. The summed E-state index contributed by atoms with van der Waals surface area (Å²) in [5.74, 6) is 2.81. The highest BCUT2D eigenvalue weighted by atomic mass is 16.5. The molecule has 6 nitrogen and oxygen atoms in total. The molecule has 0 radical (unpaired) electrons. The predicted octanol–water partition coefficient (Wildman–Crippen LogP) is 3.44. The first kappa shape index (κ1) is 19.3. The minimum absolute atomic E-state index is 0.850. The number of hydrogen-bond acceptors (Lipinski definition) is 6. The van der Waals surface area contributed by atoms with Gasteiger partial charge in [0, 0.05) is 45.5 Å². The quantitative estimate of drug-likeness (QED) is 0.710. The fraction of sp³-hybridized carbons (Fsp3) is 0.524. The Morgan fingerprint density at radius 1 is 0.963 bits per heavy atom. The molecule has 0 aliphatic carbocycles. The Labute approximate surface area is 162 Å². The third-order valence-electron chi connectivity index (χ3n) is 4.93. The summed E-state index contributed by atoms with van der Waals surface area (Å²) >= 11 is 0. The van der Waals surface area contributed by atoms with E-state index < -0.39 is 0 Å². The van der Waals surface area contributed by atoms with Gasteiger partial charge in [-0.2, -0.15) is 4.98 Å². The second-order valence-electron chi connectivity index (χ2n) is 6.85. The standard InChI is InChI=1S/C21H31N5O/c1-4-12-26(13-5-2)21-22-11-10-20(23-21)25-16-14-24(15-17-25)18-8-6-7-9-19(18)27-3/h6-11H,4-5,12-17H2,1-3H3. The van der Waals surface area contributed by atoms with Crippen molar-refractivity contribution in [3.05, 3.63) is 36.5 Å². The van der Waals surface area contributed by atoms with E-state index in [9.17, 15) is 0 Å². The number of nitrogens with zero attached hydrogens (tertiary/aromatic N) is 5. The van der Waals surface area contributed by atoms with Gasteiger partial charge in [0.25, 0.3) is 0 Å². The summed E-state index contributed by atoms with van der Waals surface area (Å²) in [5, 5.41) is 0. The van der Waals surface area contributed by atoms with Crippen molar-refractivity contribution in [3.8, 4) is 5.75 Å². The third kappa shape index (κ3) is 4.62. The SMILES string of the molecule is CCCN(CCC)c1nccc(N2CCN(c3ccccc3OC)CC2)n1. The van der Waals surface area contributed by atoms with Crippen molar-refractivity contribution in [1.29, 1.82) is 0 Å². The minimum Gasteiger partial charge on any atom is -0.495 e. The molecule has 0 bridgehead atoms. The number of piperazine rings is 1. The molecule has 0 N–H and O–H groups in total. The predicted molar refractivity (Wildman–Crippen MR) is 112 cm³/mol. The lowest BCUT2D eigenvalue weighted by atomic mass is 10.2. The number of rotatable bonds is 8. The fourth-order valence-electron chi connectivity index (χ4n) is 3.59. The van der Waals surface area contributed by atoms with Crippen LogP contribution in [0, 0.1) is 0 Å². The average molecular weight is 370 g/mol. The zero-order chi connectivity index (χ0) is 19.1. The van der Waals surface area contributed by atoms with Crippen molar-refractivity contribution < 1.29 is 4.74 Å². The molecular formula is C21H31N5O. The Hall–Kier alpha value is -2.50. The maximum atomic E-state index is 5.52. The largest absolute Gasteiger partial charge is 0.495 e. The lowest BCUT2D eigenvalue weighted by molar-refractivity contribution is 0.413. The average Bonchev–Trinajstić information content (AvgIpc) is 2.74. The zero-order valence-corrected chi connectivity index (χ0v) is 16.8. The van der Waals surface area contributed by atoms with E-state index in [1.807, 2.05) is 24.4 Å². The van der Waals surface area contributed by atoms with Gasteiger partial charge in [-0.25, -0.2) is 4.98 Å². The molecule has 3 rings (SSSR count). The van der Waals surface area contributed by atoms with Crippen LogP contribution < -0.4 is 19.4 Å². The molecule has 1 aliphatic heterocycles. The summed E-state index contributed by atoms with van der Waals surface area (Å²) < 4.78 is 5.52. The van der Waals surface area contributed by atoms with Crippen LogP contribution in [0.25, 0.3) is 0 Å². The van der Waals surface area contributed by atoms with Crippen LogP contribution in [-0.4, -0.2) is 56.3 Å². The fourth-order valence-corrected chi connectivity index (χ4v) is 3.59. The molecule has 1 aliphatic rings. The molecule has 0 unspecified atom stereocenters. The van der Waals surface area contributed by atoms with Crippen LogP contribution in [0.4, 0.5) is 17.5 Å². The van der Waals surface area contributed by atoms with Crippen LogP contribution in [0.15, 0.2) is 36.5 Å². The molecule has 0 amide bonds. The Bertz CT molecular complexity index is 709. The minimum atomic E-state index is 0.850. The van der Waals surface area contributed by atoms with Crippen molar-refractivity contribution >= 4 is 17.5 Å². The summed E-state index contributed by atoms with van der Waals surface area (Å²) in [6.07, 6.45) is 4.10. The monoisotopic (exact) mass is 369 g/mol. The number of para-hydroxylation sites is 2. The van der Waals surface area contributed by atoms with Crippen LogP contribution >= 0.6 is 0 Å². The van der Waals surface area contributed by atoms with Gasteiger partial charge in [-0.15, -0.1) is 0 Å². The maximum Gasteiger partial charge on any atom is 0.227 e. The van der Waals surface area contributed by atoms with E-state index in [4.69, 9.17) is 9.72 Å². The van der Waals surface area contributed by atoms with E-state index in [2.05, 4.69) is 45.7 Å². The number of ether oxygens (including phenoxy) is 1. The second kappa shape index (κ2) is 9.44. The Kier molecular flexibility index (Phi) is 6.74. The molecule has 0 saturated carbocycles. The lowest BCUT2D eigenvalue weighted by Gasteiger charge is -2.37. The number of benzene rings is 1. The molecule has 1 aromatic carbocycles. The second-order valence-corrected chi connectivity index (χ2v) is 6.85. The first-order chi connectivity index (χ1) is 13.3. The van der Waals surface area contributed by atoms with Gasteiger partial charge in [0.1, 0.15) is 11.6 Å². The normalized spacial score (nSPS) is 14.3. The summed E-state index contributed by atoms with van der Waals surface area (Å²) in [6.45, 7) is 10.2. The van der Waals surface area contributed by atoms with Gasteiger partial charge in [-0.3, -0.25) is 0 Å². The Morgan fingerprint density at radius 3 is 2.30 bits per heavy atom. The first-order valence-electron chi connectivity index (χ1n) is 9.97. The molecule has 1 saturated heterocycles. The van der Waals surface area contributed by atoms with Gasteiger partial charge < -0.3 is 19.4 Å². The topological polar surface area (TPSA) is 44.7 Å². The Morgan fingerprint density at radius 2 is 1.63 bits per heavy atom. The van der Waals surface area contributed by atoms with E-state index >= 15 is 0 Å². The number of hydrogen-bond donors (Lipinski definition) is 0. The van der Waals surface area contributed by atoms with Crippen LogP contribution in [-0.2, 0) is 0 Å². The highest BCUT2D eigenvalue weighted by Crippen LogP contribution is 2.29. The van der Waals surface area contributed by atoms with Crippen molar-refractivity contribution in [2.24, 2.45) is 0 Å². The van der Waals surface area contributed by atoms with Gasteiger partial charge in [0.05, 0.1) is 12.8 Å². The first-order valence-corrected chi connectivity index (χ1v) is 9.97. The van der Waals surface area contributed by atoms with Gasteiger partial charge >= 0.3 is 0 Å². The van der Waals surface area contributed by atoms with Crippen molar-refractivity contribution in [3.63, 3.8) is 0 Å². The summed E-state index contributed by atoms with van der Waals surface area (Å²) in [5.41, 5.74) is 1.17. The highest BCUT2D eigenvalue weighted by molar-refractivity contribution is 5.59. The van der Waals surface area contributed by atoms with Gasteiger partial charge in [-0.05, 0) is 31.0 Å². The van der Waals surface area contributed by atoms with E-state index in [1.165, 1.54) is 5.69 Å². The van der Waals surface area contributed by atoms with Crippen molar-refractivity contribution in [2.75, 3.05) is 61.1 Å². The van der Waals surface area contributed by atoms with Crippen molar-refractivity contribution in [1.82, 2.24) is 9.97 Å². The third-order valence-corrected chi connectivity index (χ3v) is 4.93. The Balaban J connectivity index is 1.68. The zero-order valence-electron chi connectivity index (χ0n) is 16.8. The van der Waals surface area contributed by atoms with Crippen LogP contribution in [0.5, 0.6) is 5.75 Å². The maximum absolute atomic E-state index is 5.52. The van der Waals surface area contributed by atoms with E-state index in [0.717, 1.165) is 69.6 Å². The summed E-state index contributed by atoms with van der Waals surface area (Å²) in [4.78, 5) is 16.4. The van der Waals surface area contributed by atoms with Crippen molar-refractivity contribution in [2.45, 2.75) is 26.7 Å². The van der Waals surface area contributed by atoms with Gasteiger partial charge in [0.2, 0.25) is 5.95 Å². The smallest absolute Gasteiger partial charge is 0.227 e. The van der Waals surface area contributed by atoms with Gasteiger partial charge in [-0.1, -0.05) is 26.0 Å². The molecule has 2 heterocycles. The molecule has 1 fully saturated rings. The molecule has 6 heteroatoms. The molecule has 1 aromatic heterocycles. The molecule has 2 aromatic rings. The lowest BCUT2D eigenvalue weighted by Crippen LogP contribution is -2.47. The van der Waals surface area contributed by atoms with Gasteiger partial charge in [0.15, 0.2) is 0 Å². The van der Waals surface area contributed by atoms with Crippen LogP contribution in [0.1, 0.15) is 26.7 Å².